The first-order valence-corrected chi connectivity index (χ1v) is 44.8. The Kier molecular flexibility index (Phi) is 72.9. The van der Waals surface area contributed by atoms with Crippen LogP contribution >= 0.6 is 15.6 Å². The summed E-state index contributed by atoms with van der Waals surface area (Å²) in [7, 11) is -9.91. The fraction of sp³-hybridized carbons (Fsp3) is 0.950. The van der Waals surface area contributed by atoms with Crippen LogP contribution in [-0.4, -0.2) is 96.7 Å². The highest BCUT2D eigenvalue weighted by Gasteiger charge is 2.30. The molecule has 0 saturated heterocycles. The number of phosphoric ester groups is 2. The second kappa shape index (κ2) is 74.3. The minimum Gasteiger partial charge on any atom is -0.462 e. The first-order valence-electron chi connectivity index (χ1n) is 41.8. The number of ether oxygens (including phenoxy) is 4. The van der Waals surface area contributed by atoms with E-state index in [1.54, 1.807) is 0 Å². The lowest BCUT2D eigenvalue weighted by Gasteiger charge is -2.21. The van der Waals surface area contributed by atoms with Crippen LogP contribution in [0.25, 0.3) is 0 Å². The van der Waals surface area contributed by atoms with Gasteiger partial charge in [-0.3, -0.25) is 37.3 Å². The molecule has 0 spiro atoms. The molecule has 0 aliphatic rings. The number of carbonyl (C=O) groups is 4. The van der Waals surface area contributed by atoms with Gasteiger partial charge in [-0.25, -0.2) is 9.13 Å². The summed E-state index contributed by atoms with van der Waals surface area (Å²) in [6.07, 6.45) is 66.7. The van der Waals surface area contributed by atoms with Crippen LogP contribution in [0.3, 0.4) is 0 Å². The van der Waals surface area contributed by atoms with Crippen molar-refractivity contribution < 1.29 is 80.2 Å². The fourth-order valence-electron chi connectivity index (χ4n) is 12.5. The van der Waals surface area contributed by atoms with Crippen molar-refractivity contribution in [1.82, 2.24) is 0 Å². The summed E-state index contributed by atoms with van der Waals surface area (Å²) in [5.74, 6) is -2.11. The molecule has 0 heterocycles. The van der Waals surface area contributed by atoms with E-state index in [-0.39, 0.29) is 25.7 Å². The molecule has 0 saturated carbocycles. The van der Waals surface area contributed by atoms with Crippen molar-refractivity contribution in [3.8, 4) is 0 Å². The SMILES string of the molecule is CCCCCCCCCCCCCCCCCCCCCCCC(=O)O[C@H](COC(=O)CCCCCCCCCCCCCCCCC)COP(=O)(O)OC[C@@H](O)COP(=O)(O)OC[C@@H](COC(=O)CCCCCCCCCC)OC(=O)CCCCCCCCCCCCCCCCC. The molecule has 0 rings (SSSR count). The second-order valence-corrected chi connectivity index (χ2v) is 31.7. The van der Waals surface area contributed by atoms with Gasteiger partial charge in [-0.15, -0.1) is 0 Å². The predicted octanol–water partition coefficient (Wildman–Crippen LogP) is 24.2. The molecule has 0 radical (unpaired) electrons. The Morgan fingerprint density at radius 3 is 0.596 bits per heavy atom. The lowest BCUT2D eigenvalue weighted by molar-refractivity contribution is -0.161. The third kappa shape index (κ3) is 74.1. The topological polar surface area (TPSA) is 237 Å². The highest BCUT2D eigenvalue weighted by Crippen LogP contribution is 2.45. The maximum absolute atomic E-state index is 13.1. The Hall–Kier alpha value is -1.94. The zero-order valence-electron chi connectivity index (χ0n) is 64.5. The average Bonchev–Trinajstić information content (AvgIpc) is 1.05. The van der Waals surface area contributed by atoms with E-state index in [0.717, 1.165) is 89.9 Å². The van der Waals surface area contributed by atoms with Crippen molar-refractivity contribution in [3.63, 3.8) is 0 Å². The average molecular weight is 1450 g/mol. The Balaban J connectivity index is 5.18. The number of carbonyl (C=O) groups excluding carboxylic acids is 4. The summed E-state index contributed by atoms with van der Waals surface area (Å²) in [6.45, 7) is 5.00. The Bertz CT molecular complexity index is 1880. The van der Waals surface area contributed by atoms with E-state index in [2.05, 4.69) is 27.7 Å². The molecule has 0 aromatic rings. The number of rotatable bonds is 81. The molecular weight excluding hydrogens is 1290 g/mol. The van der Waals surface area contributed by atoms with Gasteiger partial charge in [0.15, 0.2) is 12.2 Å². The minimum absolute atomic E-state index is 0.109. The van der Waals surface area contributed by atoms with Gasteiger partial charge in [0.1, 0.15) is 19.3 Å². The lowest BCUT2D eigenvalue weighted by atomic mass is 10.0. The van der Waals surface area contributed by atoms with Crippen LogP contribution in [0.2, 0.25) is 0 Å². The fourth-order valence-corrected chi connectivity index (χ4v) is 14.0. The molecule has 0 fully saturated rings. The highest BCUT2D eigenvalue weighted by atomic mass is 31.2. The van der Waals surface area contributed by atoms with Crippen molar-refractivity contribution in [2.24, 2.45) is 0 Å². The minimum atomic E-state index is -4.96. The third-order valence-corrected chi connectivity index (χ3v) is 20.8. The number of esters is 4. The number of aliphatic hydroxyl groups excluding tert-OH is 1. The van der Waals surface area contributed by atoms with Crippen molar-refractivity contribution in [2.45, 2.75) is 451 Å². The zero-order valence-corrected chi connectivity index (χ0v) is 66.3. The highest BCUT2D eigenvalue weighted by molar-refractivity contribution is 7.47. The Morgan fingerprint density at radius 1 is 0.242 bits per heavy atom. The van der Waals surface area contributed by atoms with Crippen molar-refractivity contribution in [2.75, 3.05) is 39.6 Å². The zero-order chi connectivity index (χ0) is 72.5. The molecule has 0 aliphatic carbocycles. The van der Waals surface area contributed by atoms with Gasteiger partial charge in [0.2, 0.25) is 0 Å². The lowest BCUT2D eigenvalue weighted by Crippen LogP contribution is -2.30. The number of phosphoric acid groups is 2. The molecule has 0 bridgehead atoms. The quantitative estimate of drug-likeness (QED) is 0.0222. The monoisotopic (exact) mass is 1450 g/mol. The van der Waals surface area contributed by atoms with Crippen LogP contribution in [0.15, 0.2) is 0 Å². The van der Waals surface area contributed by atoms with Gasteiger partial charge in [0.25, 0.3) is 0 Å². The molecule has 0 aliphatic heterocycles. The van der Waals surface area contributed by atoms with Gasteiger partial charge < -0.3 is 33.8 Å². The number of hydrogen-bond donors (Lipinski definition) is 3. The smallest absolute Gasteiger partial charge is 0.462 e. The van der Waals surface area contributed by atoms with E-state index in [0.29, 0.717) is 25.7 Å². The largest absolute Gasteiger partial charge is 0.472 e. The van der Waals surface area contributed by atoms with Crippen LogP contribution < -0.4 is 0 Å². The molecule has 2 unspecified atom stereocenters. The van der Waals surface area contributed by atoms with Gasteiger partial charge in [-0.1, -0.05) is 381 Å². The van der Waals surface area contributed by atoms with Gasteiger partial charge in [-0.05, 0) is 25.7 Å². The summed E-state index contributed by atoms with van der Waals surface area (Å²) in [6, 6.07) is 0. The summed E-state index contributed by atoms with van der Waals surface area (Å²) in [5.41, 5.74) is 0. The Morgan fingerprint density at radius 2 is 0.404 bits per heavy atom. The number of unbranched alkanes of at least 4 members (excludes halogenated alkanes) is 55. The van der Waals surface area contributed by atoms with E-state index in [9.17, 15) is 43.2 Å². The molecule has 5 atom stereocenters. The summed E-state index contributed by atoms with van der Waals surface area (Å²) in [4.78, 5) is 72.9. The van der Waals surface area contributed by atoms with Crippen LogP contribution in [0.5, 0.6) is 0 Å². The van der Waals surface area contributed by atoms with Crippen LogP contribution in [-0.2, 0) is 65.4 Å². The molecule has 0 aromatic carbocycles. The van der Waals surface area contributed by atoms with Crippen LogP contribution in [0, 0.1) is 0 Å². The molecule has 0 amide bonds. The third-order valence-electron chi connectivity index (χ3n) is 18.9. The normalized spacial score (nSPS) is 13.8. The first kappa shape index (κ1) is 97.1. The van der Waals surface area contributed by atoms with E-state index in [1.165, 1.54) is 263 Å². The standard InChI is InChI=1S/C80H156O17P2/c1-5-9-13-17-21-25-28-31-34-35-36-37-38-39-42-45-48-51-55-59-63-67-80(85)97-76(71-91-78(83)65-61-57-53-49-46-43-40-32-29-26-22-18-14-10-6-2)73-95-99(88,89)93-69-74(81)68-92-98(86,87)94-72-75(70-90-77(82)64-60-56-52-24-20-16-12-8-4)96-79(84)66-62-58-54-50-47-44-41-33-30-27-23-19-15-11-7-3/h74-76,81H,5-73H2,1-4H3,(H,86,87)(H,88,89)/t74-,75+,76+/m0/s1. The van der Waals surface area contributed by atoms with Crippen molar-refractivity contribution in [1.29, 1.82) is 0 Å². The van der Waals surface area contributed by atoms with E-state index in [4.69, 9.17) is 37.0 Å². The van der Waals surface area contributed by atoms with Gasteiger partial charge in [-0.2, -0.15) is 0 Å². The maximum Gasteiger partial charge on any atom is 0.472 e. The summed E-state index contributed by atoms with van der Waals surface area (Å²) >= 11 is 0. The van der Waals surface area contributed by atoms with Crippen molar-refractivity contribution >= 4 is 39.5 Å². The number of hydrogen-bond acceptors (Lipinski definition) is 15. The van der Waals surface area contributed by atoms with Crippen LogP contribution in [0.4, 0.5) is 0 Å². The maximum atomic E-state index is 13.1. The Labute approximate surface area is 607 Å². The van der Waals surface area contributed by atoms with E-state index >= 15 is 0 Å². The van der Waals surface area contributed by atoms with E-state index in [1.807, 2.05) is 0 Å². The molecule has 19 heteroatoms. The molecule has 99 heavy (non-hydrogen) atoms. The first-order chi connectivity index (χ1) is 48.2. The molecule has 588 valence electrons. The summed E-state index contributed by atoms with van der Waals surface area (Å²) < 4.78 is 68.6. The second-order valence-electron chi connectivity index (χ2n) is 28.8. The molecule has 17 nitrogen and oxygen atoms in total. The van der Waals surface area contributed by atoms with Gasteiger partial charge >= 0.3 is 39.5 Å². The van der Waals surface area contributed by atoms with E-state index < -0.39 is 97.5 Å². The summed E-state index contributed by atoms with van der Waals surface area (Å²) in [5, 5.41) is 10.6. The predicted molar refractivity (Wildman–Crippen MR) is 405 cm³/mol. The molecule has 0 aromatic heterocycles. The van der Waals surface area contributed by atoms with Gasteiger partial charge in [0.05, 0.1) is 26.4 Å². The number of aliphatic hydroxyl groups is 1. The van der Waals surface area contributed by atoms with Crippen LogP contribution in [0.1, 0.15) is 432 Å². The van der Waals surface area contributed by atoms with Crippen molar-refractivity contribution in [3.05, 3.63) is 0 Å². The molecule has 3 N–H and O–H groups in total. The molecular formula is C80H156O17P2. The van der Waals surface area contributed by atoms with Gasteiger partial charge in [0, 0.05) is 25.7 Å².